The molecule has 2 aliphatic rings. The monoisotopic (exact) mass is 512 g/mol. The molecule has 3 atom stereocenters. The number of aromatic nitrogens is 3. The van der Waals surface area contributed by atoms with Crippen LogP contribution in [-0.4, -0.2) is 44.0 Å². The molecule has 2 saturated heterocycles. The normalized spacial score (nSPS) is 22.0. The van der Waals surface area contributed by atoms with E-state index in [1.807, 2.05) is 48.7 Å². The fraction of sp³-hybridized carbons (Fsp3) is 0.387. The van der Waals surface area contributed by atoms with Crippen LogP contribution in [0.25, 0.3) is 11.2 Å². The van der Waals surface area contributed by atoms with Gasteiger partial charge in [-0.2, -0.15) is 0 Å². The number of pyridine rings is 1. The Bertz CT molecular complexity index is 1390. The van der Waals surface area contributed by atoms with Crippen molar-refractivity contribution in [2.75, 3.05) is 6.54 Å². The maximum absolute atomic E-state index is 13.3. The van der Waals surface area contributed by atoms with Gasteiger partial charge in [0.15, 0.2) is 5.65 Å². The van der Waals surface area contributed by atoms with Gasteiger partial charge in [0.2, 0.25) is 0 Å². The van der Waals surface area contributed by atoms with E-state index in [2.05, 4.69) is 21.4 Å². The predicted octanol–water partition coefficient (Wildman–Crippen LogP) is 5.96. The van der Waals surface area contributed by atoms with Crippen LogP contribution in [0.2, 0.25) is 0 Å². The second kappa shape index (κ2) is 10.7. The van der Waals surface area contributed by atoms with E-state index in [0.29, 0.717) is 24.5 Å². The average molecular weight is 513 g/mol. The van der Waals surface area contributed by atoms with Gasteiger partial charge in [-0.05, 0) is 81.0 Å². The fourth-order valence-corrected chi connectivity index (χ4v) is 6.52. The number of benzene rings is 2. The van der Waals surface area contributed by atoms with Gasteiger partial charge in [-0.25, -0.2) is 14.4 Å². The molecule has 4 heterocycles. The van der Waals surface area contributed by atoms with Crippen molar-refractivity contribution in [2.24, 2.45) is 0 Å². The van der Waals surface area contributed by atoms with Crippen LogP contribution in [0.5, 0.6) is 0 Å². The Morgan fingerprint density at radius 1 is 1.00 bits per heavy atom. The SMILES string of the molecule is Cc1nc2cccnc2n1C1C[C@H]2CC[C@H](C1)N2CC[C@H](C(=O)OCc1ccc(F)cc1)c1ccccc1. The molecular formula is C31H33FN4O2. The lowest BCUT2D eigenvalue weighted by molar-refractivity contribution is -0.147. The number of esters is 1. The number of halogens is 1. The van der Waals surface area contributed by atoms with Crippen molar-refractivity contribution in [3.05, 3.63) is 95.7 Å². The molecular weight excluding hydrogens is 479 g/mol. The molecule has 196 valence electrons. The molecule has 2 fully saturated rings. The number of piperidine rings is 1. The zero-order valence-electron chi connectivity index (χ0n) is 21.7. The lowest BCUT2D eigenvalue weighted by Gasteiger charge is -2.40. The number of fused-ring (bicyclic) bond motifs is 3. The highest BCUT2D eigenvalue weighted by Gasteiger charge is 2.42. The highest BCUT2D eigenvalue weighted by molar-refractivity contribution is 5.78. The van der Waals surface area contributed by atoms with Crippen molar-refractivity contribution in [1.82, 2.24) is 19.4 Å². The van der Waals surface area contributed by atoms with Crippen LogP contribution in [0, 0.1) is 12.7 Å². The van der Waals surface area contributed by atoms with E-state index in [1.54, 1.807) is 12.1 Å². The van der Waals surface area contributed by atoms with Gasteiger partial charge in [-0.15, -0.1) is 0 Å². The summed E-state index contributed by atoms with van der Waals surface area (Å²) in [6, 6.07) is 21.4. The van der Waals surface area contributed by atoms with Crippen LogP contribution < -0.4 is 0 Å². The molecule has 7 heteroatoms. The van der Waals surface area contributed by atoms with Gasteiger partial charge in [0.25, 0.3) is 0 Å². The number of hydrogen-bond acceptors (Lipinski definition) is 5. The van der Waals surface area contributed by atoms with E-state index in [4.69, 9.17) is 9.72 Å². The van der Waals surface area contributed by atoms with Crippen LogP contribution in [0.4, 0.5) is 4.39 Å². The van der Waals surface area contributed by atoms with E-state index in [-0.39, 0.29) is 24.3 Å². The Kier molecular flexibility index (Phi) is 6.94. The molecule has 0 saturated carbocycles. The molecule has 38 heavy (non-hydrogen) atoms. The van der Waals surface area contributed by atoms with Crippen LogP contribution >= 0.6 is 0 Å². The molecule has 0 N–H and O–H groups in total. The van der Waals surface area contributed by atoms with Crippen LogP contribution in [0.3, 0.4) is 0 Å². The minimum Gasteiger partial charge on any atom is -0.460 e. The van der Waals surface area contributed by atoms with Crippen molar-refractivity contribution in [3.8, 4) is 0 Å². The van der Waals surface area contributed by atoms with Gasteiger partial charge in [0, 0.05) is 24.3 Å². The van der Waals surface area contributed by atoms with Crippen LogP contribution in [0.1, 0.15) is 61.0 Å². The van der Waals surface area contributed by atoms with E-state index in [9.17, 15) is 9.18 Å². The van der Waals surface area contributed by atoms with E-state index in [0.717, 1.165) is 47.5 Å². The predicted molar refractivity (Wildman–Crippen MR) is 144 cm³/mol. The minimum absolute atomic E-state index is 0.144. The first kappa shape index (κ1) is 24.7. The summed E-state index contributed by atoms with van der Waals surface area (Å²) in [5, 5.41) is 0. The molecule has 6 rings (SSSR count). The maximum atomic E-state index is 13.3. The Balaban J connectivity index is 1.14. The number of rotatable bonds is 8. The second-order valence-electron chi connectivity index (χ2n) is 10.6. The quantitative estimate of drug-likeness (QED) is 0.273. The molecule has 2 bridgehead atoms. The smallest absolute Gasteiger partial charge is 0.313 e. The summed E-state index contributed by atoms with van der Waals surface area (Å²) >= 11 is 0. The number of carbonyl (C=O) groups is 1. The van der Waals surface area contributed by atoms with Crippen molar-refractivity contribution < 1.29 is 13.9 Å². The lowest BCUT2D eigenvalue weighted by atomic mass is 9.92. The Morgan fingerprint density at radius 3 is 2.47 bits per heavy atom. The first-order valence-electron chi connectivity index (χ1n) is 13.6. The van der Waals surface area contributed by atoms with Gasteiger partial charge in [-0.3, -0.25) is 9.69 Å². The Morgan fingerprint density at radius 2 is 1.74 bits per heavy atom. The number of ether oxygens (including phenoxy) is 1. The molecule has 0 aliphatic carbocycles. The van der Waals surface area contributed by atoms with Crippen molar-refractivity contribution in [3.63, 3.8) is 0 Å². The highest BCUT2D eigenvalue weighted by Crippen LogP contribution is 2.42. The second-order valence-corrected chi connectivity index (χ2v) is 10.6. The van der Waals surface area contributed by atoms with Gasteiger partial charge in [-0.1, -0.05) is 42.5 Å². The largest absolute Gasteiger partial charge is 0.460 e. The third-order valence-electron chi connectivity index (χ3n) is 8.31. The standard InChI is InChI=1S/C31H33FN4O2/c1-21-34-29-8-5-16-33-30(29)36(21)27-18-25-13-14-26(19-27)35(25)17-15-28(23-6-3-2-4-7-23)31(37)38-20-22-9-11-24(32)12-10-22/h2-12,16,25-28H,13-15,17-20H2,1H3/t25-,26-,28+/m1/s1. The summed E-state index contributed by atoms with van der Waals surface area (Å²) in [4.78, 5) is 25.3. The number of nitrogens with zero attached hydrogens (tertiary/aromatic N) is 4. The van der Waals surface area contributed by atoms with Gasteiger partial charge in [0.1, 0.15) is 23.8 Å². The molecule has 0 radical (unpaired) electrons. The Hall–Kier alpha value is -3.58. The molecule has 2 aromatic carbocycles. The number of imidazole rings is 1. The summed E-state index contributed by atoms with van der Waals surface area (Å²) < 4.78 is 21.3. The summed E-state index contributed by atoms with van der Waals surface area (Å²) in [6.45, 7) is 3.08. The summed E-state index contributed by atoms with van der Waals surface area (Å²) in [6.07, 6.45) is 7.08. The van der Waals surface area contributed by atoms with Crippen LogP contribution in [-0.2, 0) is 16.1 Å². The molecule has 4 aromatic rings. The zero-order chi connectivity index (χ0) is 26.1. The lowest BCUT2D eigenvalue weighted by Crippen LogP contribution is -2.44. The topological polar surface area (TPSA) is 60.2 Å². The summed E-state index contributed by atoms with van der Waals surface area (Å²) in [5.41, 5.74) is 3.70. The van der Waals surface area contributed by atoms with Crippen LogP contribution in [0.15, 0.2) is 72.9 Å². The van der Waals surface area contributed by atoms with Crippen molar-refractivity contribution in [1.29, 1.82) is 0 Å². The van der Waals surface area contributed by atoms with Crippen molar-refractivity contribution in [2.45, 2.75) is 69.7 Å². The first-order chi connectivity index (χ1) is 18.6. The third-order valence-corrected chi connectivity index (χ3v) is 8.31. The summed E-state index contributed by atoms with van der Waals surface area (Å²) in [7, 11) is 0. The van der Waals surface area contributed by atoms with E-state index < -0.39 is 0 Å². The van der Waals surface area contributed by atoms with Gasteiger partial charge >= 0.3 is 5.97 Å². The summed E-state index contributed by atoms with van der Waals surface area (Å²) in [5.74, 6) is 0.171. The molecule has 6 nitrogen and oxygen atoms in total. The zero-order valence-corrected chi connectivity index (χ0v) is 21.7. The fourth-order valence-electron chi connectivity index (χ4n) is 6.52. The first-order valence-corrected chi connectivity index (χ1v) is 13.6. The van der Waals surface area contributed by atoms with Crippen molar-refractivity contribution >= 4 is 17.1 Å². The molecule has 2 aliphatic heterocycles. The number of hydrogen-bond donors (Lipinski definition) is 0. The molecule has 0 spiro atoms. The molecule has 0 unspecified atom stereocenters. The van der Waals surface area contributed by atoms with E-state index in [1.165, 1.54) is 25.0 Å². The van der Waals surface area contributed by atoms with E-state index >= 15 is 0 Å². The highest BCUT2D eigenvalue weighted by atomic mass is 19.1. The maximum Gasteiger partial charge on any atom is 0.313 e. The third kappa shape index (κ3) is 4.95. The van der Waals surface area contributed by atoms with Gasteiger partial charge in [0.05, 0.1) is 5.92 Å². The number of aryl methyl sites for hydroxylation is 1. The number of carbonyl (C=O) groups excluding carboxylic acids is 1. The molecule has 2 aromatic heterocycles. The molecule has 0 amide bonds. The average Bonchev–Trinajstić information content (AvgIpc) is 3.39. The Labute approximate surface area is 222 Å². The minimum atomic E-state index is -0.335. The van der Waals surface area contributed by atoms with Gasteiger partial charge < -0.3 is 9.30 Å².